The van der Waals surface area contributed by atoms with E-state index in [1.807, 2.05) is 6.92 Å². The van der Waals surface area contributed by atoms with E-state index in [-0.39, 0.29) is 5.69 Å². The van der Waals surface area contributed by atoms with E-state index in [1.54, 1.807) is 0 Å². The third kappa shape index (κ3) is 1.50. The Bertz CT molecular complexity index is 356. The first-order valence-corrected chi connectivity index (χ1v) is 3.53. The van der Waals surface area contributed by atoms with E-state index in [2.05, 4.69) is 9.97 Å². The molecule has 0 aliphatic carbocycles. The average Bonchev–Trinajstić information content (AvgIpc) is 2.05. The molecule has 0 atom stereocenters. The third-order valence-corrected chi connectivity index (χ3v) is 1.44. The number of carbonyl (C=O) groups is 1. The van der Waals surface area contributed by atoms with Gasteiger partial charge in [0.2, 0.25) is 0 Å². The normalized spacial score (nSPS) is 9.75. The molecule has 0 radical (unpaired) electrons. The van der Waals surface area contributed by atoms with Crippen molar-refractivity contribution in [3.63, 3.8) is 0 Å². The fourth-order valence-corrected chi connectivity index (χ4v) is 0.792. The zero-order valence-corrected chi connectivity index (χ0v) is 6.63. The third-order valence-electron chi connectivity index (χ3n) is 1.44. The first-order valence-electron chi connectivity index (χ1n) is 3.53. The molecule has 0 aromatic carbocycles. The number of nitrogens with two attached hydrogens (primary N) is 1. The molecule has 64 valence electrons. The maximum atomic E-state index is 10.9. The second-order valence-corrected chi connectivity index (χ2v) is 2.29. The quantitative estimate of drug-likeness (QED) is 0.618. The highest BCUT2D eigenvalue weighted by atomic mass is 16.2. The van der Waals surface area contributed by atoms with Crippen LogP contribution in [0.5, 0.6) is 0 Å². The highest BCUT2D eigenvalue weighted by Crippen LogP contribution is 1.91. The first kappa shape index (κ1) is 8.45. The number of H-pyrrole nitrogens is 1. The van der Waals surface area contributed by atoms with Gasteiger partial charge in [-0.25, -0.2) is 4.98 Å². The van der Waals surface area contributed by atoms with Gasteiger partial charge in [0.1, 0.15) is 0 Å². The predicted molar refractivity (Wildman–Crippen MR) is 42.8 cm³/mol. The van der Waals surface area contributed by atoms with Crippen LogP contribution >= 0.6 is 0 Å². The van der Waals surface area contributed by atoms with Crippen molar-refractivity contribution in [2.75, 3.05) is 0 Å². The minimum absolute atomic E-state index is 0.227. The van der Waals surface area contributed by atoms with Crippen molar-refractivity contribution in [1.82, 2.24) is 9.97 Å². The Kier molecular flexibility index (Phi) is 2.23. The SMILES string of the molecule is CCc1c[nH]c(=O)c(C(N)=O)n1. The van der Waals surface area contributed by atoms with Crippen LogP contribution < -0.4 is 11.3 Å². The molecule has 0 aliphatic rings. The maximum absolute atomic E-state index is 10.9. The van der Waals surface area contributed by atoms with Crippen LogP contribution in [-0.4, -0.2) is 15.9 Å². The highest BCUT2D eigenvalue weighted by molar-refractivity contribution is 5.90. The minimum Gasteiger partial charge on any atom is -0.364 e. The second-order valence-electron chi connectivity index (χ2n) is 2.29. The molecule has 12 heavy (non-hydrogen) atoms. The van der Waals surface area contributed by atoms with Crippen LogP contribution in [-0.2, 0) is 6.42 Å². The molecule has 0 saturated heterocycles. The van der Waals surface area contributed by atoms with E-state index >= 15 is 0 Å². The van der Waals surface area contributed by atoms with Crippen LogP contribution in [0.4, 0.5) is 0 Å². The van der Waals surface area contributed by atoms with Gasteiger partial charge in [-0.1, -0.05) is 6.92 Å². The Morgan fingerprint density at radius 2 is 2.42 bits per heavy atom. The van der Waals surface area contributed by atoms with Crippen LogP contribution in [0.3, 0.4) is 0 Å². The number of aryl methyl sites for hydroxylation is 1. The van der Waals surface area contributed by atoms with Gasteiger partial charge in [0.15, 0.2) is 5.69 Å². The lowest BCUT2D eigenvalue weighted by Crippen LogP contribution is -2.26. The molecule has 0 spiro atoms. The summed E-state index contributed by atoms with van der Waals surface area (Å²) in [5, 5.41) is 0. The standard InChI is InChI=1S/C7H9N3O2/c1-2-4-3-9-7(12)5(10-4)6(8)11/h3H,2H2,1H3,(H2,8,11)(H,9,12). The Labute approximate surface area is 68.6 Å². The molecule has 0 unspecified atom stereocenters. The van der Waals surface area contributed by atoms with Crippen molar-refractivity contribution in [2.45, 2.75) is 13.3 Å². The van der Waals surface area contributed by atoms with Crippen molar-refractivity contribution in [2.24, 2.45) is 5.73 Å². The number of rotatable bonds is 2. The summed E-state index contributed by atoms with van der Waals surface area (Å²) in [6.45, 7) is 1.87. The predicted octanol–water partition coefficient (Wildman–Crippen LogP) is -0.569. The number of hydrogen-bond donors (Lipinski definition) is 2. The van der Waals surface area contributed by atoms with Crippen LogP contribution in [0.15, 0.2) is 11.0 Å². The maximum Gasteiger partial charge on any atom is 0.279 e. The molecular formula is C7H9N3O2. The lowest BCUT2D eigenvalue weighted by atomic mass is 10.3. The molecular weight excluding hydrogens is 158 g/mol. The molecule has 5 nitrogen and oxygen atoms in total. The second kappa shape index (κ2) is 3.17. The zero-order chi connectivity index (χ0) is 9.14. The summed E-state index contributed by atoms with van der Waals surface area (Å²) < 4.78 is 0. The van der Waals surface area contributed by atoms with Gasteiger partial charge in [0, 0.05) is 6.20 Å². The van der Waals surface area contributed by atoms with Crippen molar-refractivity contribution >= 4 is 5.91 Å². The molecule has 5 heteroatoms. The van der Waals surface area contributed by atoms with E-state index < -0.39 is 11.5 Å². The number of nitrogens with zero attached hydrogens (tertiary/aromatic N) is 1. The lowest BCUT2D eigenvalue weighted by molar-refractivity contribution is 0.0993. The van der Waals surface area contributed by atoms with Gasteiger partial charge in [-0.05, 0) is 6.42 Å². The van der Waals surface area contributed by atoms with E-state index in [0.29, 0.717) is 12.1 Å². The molecule has 1 heterocycles. The van der Waals surface area contributed by atoms with Crippen LogP contribution in [0.2, 0.25) is 0 Å². The number of hydrogen-bond acceptors (Lipinski definition) is 3. The minimum atomic E-state index is -0.799. The Hall–Kier alpha value is -1.65. The average molecular weight is 167 g/mol. The Morgan fingerprint density at radius 1 is 1.75 bits per heavy atom. The summed E-state index contributed by atoms with van der Waals surface area (Å²) in [5.74, 6) is -0.799. The highest BCUT2D eigenvalue weighted by Gasteiger charge is 2.07. The van der Waals surface area contributed by atoms with Crippen LogP contribution in [0.1, 0.15) is 23.1 Å². The van der Waals surface area contributed by atoms with Gasteiger partial charge in [-0.15, -0.1) is 0 Å². The Balaban J connectivity index is 3.26. The summed E-state index contributed by atoms with van der Waals surface area (Å²) in [6, 6.07) is 0. The summed E-state index contributed by atoms with van der Waals surface area (Å²) in [5.41, 5.74) is 4.79. The zero-order valence-electron chi connectivity index (χ0n) is 6.63. The lowest BCUT2D eigenvalue weighted by Gasteiger charge is -1.96. The number of amides is 1. The topological polar surface area (TPSA) is 88.8 Å². The molecule has 1 rings (SSSR count). The number of primary amides is 1. The molecule has 1 amide bonds. The molecule has 0 fully saturated rings. The molecule has 0 bridgehead atoms. The van der Waals surface area contributed by atoms with E-state index in [1.165, 1.54) is 6.20 Å². The molecule has 3 N–H and O–H groups in total. The van der Waals surface area contributed by atoms with Crippen molar-refractivity contribution in [1.29, 1.82) is 0 Å². The molecule has 0 aliphatic heterocycles. The number of aromatic amines is 1. The van der Waals surface area contributed by atoms with Gasteiger partial charge < -0.3 is 10.7 Å². The van der Waals surface area contributed by atoms with Crippen molar-refractivity contribution < 1.29 is 4.79 Å². The van der Waals surface area contributed by atoms with Crippen LogP contribution in [0.25, 0.3) is 0 Å². The fourth-order valence-electron chi connectivity index (χ4n) is 0.792. The first-order chi connectivity index (χ1) is 5.65. The number of carbonyl (C=O) groups excluding carboxylic acids is 1. The summed E-state index contributed by atoms with van der Waals surface area (Å²) in [4.78, 5) is 27.7. The molecule has 1 aromatic rings. The monoisotopic (exact) mass is 167 g/mol. The smallest absolute Gasteiger partial charge is 0.279 e. The van der Waals surface area contributed by atoms with Gasteiger partial charge in [0.25, 0.3) is 11.5 Å². The number of nitrogens with one attached hydrogen (secondary N) is 1. The van der Waals surface area contributed by atoms with E-state index in [0.717, 1.165) is 0 Å². The summed E-state index contributed by atoms with van der Waals surface area (Å²) >= 11 is 0. The van der Waals surface area contributed by atoms with E-state index in [9.17, 15) is 9.59 Å². The molecule has 0 saturated carbocycles. The van der Waals surface area contributed by atoms with Gasteiger partial charge in [-0.3, -0.25) is 9.59 Å². The summed E-state index contributed by atoms with van der Waals surface area (Å²) in [7, 11) is 0. The molecule has 1 aromatic heterocycles. The Morgan fingerprint density at radius 3 is 2.92 bits per heavy atom. The fraction of sp³-hybridized carbons (Fsp3) is 0.286. The number of aromatic nitrogens is 2. The largest absolute Gasteiger partial charge is 0.364 e. The van der Waals surface area contributed by atoms with Crippen LogP contribution in [0, 0.1) is 0 Å². The van der Waals surface area contributed by atoms with Gasteiger partial charge in [0.05, 0.1) is 5.69 Å². The van der Waals surface area contributed by atoms with Gasteiger partial charge in [-0.2, -0.15) is 0 Å². The summed E-state index contributed by atoms with van der Waals surface area (Å²) in [6.07, 6.45) is 2.12. The van der Waals surface area contributed by atoms with Crippen molar-refractivity contribution in [3.05, 3.63) is 27.9 Å². The van der Waals surface area contributed by atoms with Crippen molar-refractivity contribution in [3.8, 4) is 0 Å². The van der Waals surface area contributed by atoms with E-state index in [4.69, 9.17) is 5.73 Å². The van der Waals surface area contributed by atoms with Gasteiger partial charge >= 0.3 is 0 Å².